The molecule has 0 bridgehead atoms. The molecule has 5 rings (SSSR count). The monoisotopic (exact) mass is 471 g/mol. The van der Waals surface area contributed by atoms with Gasteiger partial charge in [0.15, 0.2) is 0 Å². The van der Waals surface area contributed by atoms with Crippen LogP contribution >= 0.6 is 0 Å². The third kappa shape index (κ3) is 4.29. The molecule has 11 heteroatoms. The van der Waals surface area contributed by atoms with Crippen molar-refractivity contribution in [3.05, 3.63) is 48.5 Å². The zero-order valence-corrected chi connectivity index (χ0v) is 18.8. The first-order chi connectivity index (χ1) is 16.3. The van der Waals surface area contributed by atoms with Gasteiger partial charge in [0.2, 0.25) is 5.88 Å². The molecule has 4 aromatic rings. The standard InChI is InChI=1S/C23H24F3N7O/c1-27-20-10-18-17(12-28-20)22(14-11-29-32(2)13-14)31-33(18)15-6-8-16(9-7-15)34-21-5-3-4-19(30-21)23(24,25)26/h3-5,10-13,15-16H,6-9H2,1-2H3,(H,27,28)/t15-,16+. The second kappa shape index (κ2) is 8.62. The SMILES string of the molecule is CNc1cc2c(cn1)c(-c1cnn(C)c1)nn2[C@H]1CC[C@@H](Oc2cccc(C(F)(F)F)n2)CC1. The van der Waals surface area contributed by atoms with Crippen LogP contribution in [0.25, 0.3) is 22.2 Å². The lowest BCUT2D eigenvalue weighted by atomic mass is 9.93. The number of nitrogens with one attached hydrogen (secondary N) is 1. The van der Waals surface area contributed by atoms with E-state index in [4.69, 9.17) is 9.84 Å². The van der Waals surface area contributed by atoms with Crippen molar-refractivity contribution in [1.82, 2.24) is 29.5 Å². The average Bonchev–Trinajstić information content (AvgIpc) is 3.42. The van der Waals surface area contributed by atoms with Crippen molar-refractivity contribution in [2.45, 2.75) is 44.0 Å². The number of halogens is 3. The van der Waals surface area contributed by atoms with Gasteiger partial charge in [0.1, 0.15) is 23.3 Å². The molecule has 1 aliphatic carbocycles. The van der Waals surface area contributed by atoms with E-state index in [0.29, 0.717) is 12.8 Å². The van der Waals surface area contributed by atoms with Gasteiger partial charge in [-0.3, -0.25) is 9.36 Å². The van der Waals surface area contributed by atoms with Gasteiger partial charge in [-0.25, -0.2) is 9.97 Å². The Morgan fingerprint density at radius 1 is 1.12 bits per heavy atom. The molecular formula is C23H24F3N7O. The summed E-state index contributed by atoms with van der Waals surface area (Å²) in [5.74, 6) is 0.755. The highest BCUT2D eigenvalue weighted by atomic mass is 19.4. The van der Waals surface area contributed by atoms with Gasteiger partial charge in [-0.1, -0.05) is 6.07 Å². The fourth-order valence-corrected chi connectivity index (χ4v) is 4.42. The molecule has 34 heavy (non-hydrogen) atoms. The van der Waals surface area contributed by atoms with Crippen molar-refractivity contribution in [2.75, 3.05) is 12.4 Å². The minimum absolute atomic E-state index is 0.00594. The van der Waals surface area contributed by atoms with Gasteiger partial charge in [0.05, 0.1) is 17.8 Å². The smallest absolute Gasteiger partial charge is 0.433 e. The summed E-state index contributed by atoms with van der Waals surface area (Å²) in [6.45, 7) is 0. The van der Waals surface area contributed by atoms with Crippen LogP contribution in [-0.2, 0) is 13.2 Å². The Morgan fingerprint density at radius 2 is 1.91 bits per heavy atom. The average molecular weight is 471 g/mol. The number of rotatable bonds is 5. The van der Waals surface area contributed by atoms with E-state index in [1.165, 1.54) is 12.1 Å². The minimum Gasteiger partial charge on any atom is -0.474 e. The summed E-state index contributed by atoms with van der Waals surface area (Å²) in [5.41, 5.74) is 1.77. The summed E-state index contributed by atoms with van der Waals surface area (Å²) in [6, 6.07) is 5.85. The molecule has 178 valence electrons. The minimum atomic E-state index is -4.49. The predicted molar refractivity (Wildman–Crippen MR) is 120 cm³/mol. The maximum absolute atomic E-state index is 13.0. The van der Waals surface area contributed by atoms with E-state index in [1.807, 2.05) is 37.2 Å². The van der Waals surface area contributed by atoms with Crippen LogP contribution in [0.15, 0.2) is 42.9 Å². The first-order valence-electron chi connectivity index (χ1n) is 11.1. The molecule has 8 nitrogen and oxygen atoms in total. The van der Waals surface area contributed by atoms with Crippen LogP contribution in [0, 0.1) is 0 Å². The van der Waals surface area contributed by atoms with Crippen molar-refractivity contribution < 1.29 is 17.9 Å². The molecule has 0 saturated heterocycles. The van der Waals surface area contributed by atoms with E-state index < -0.39 is 11.9 Å². The van der Waals surface area contributed by atoms with Gasteiger partial charge in [0.25, 0.3) is 0 Å². The number of nitrogens with zero attached hydrogens (tertiary/aromatic N) is 6. The fraction of sp³-hybridized carbons (Fsp3) is 0.391. The Labute approximate surface area is 193 Å². The molecule has 0 amide bonds. The Morgan fingerprint density at radius 3 is 2.59 bits per heavy atom. The van der Waals surface area contributed by atoms with E-state index in [2.05, 4.69) is 20.4 Å². The lowest BCUT2D eigenvalue weighted by Gasteiger charge is -2.29. The molecule has 1 fully saturated rings. The number of hydrogen-bond donors (Lipinski definition) is 1. The number of pyridine rings is 2. The van der Waals surface area contributed by atoms with Gasteiger partial charge in [-0.15, -0.1) is 0 Å². The maximum atomic E-state index is 13.0. The summed E-state index contributed by atoms with van der Waals surface area (Å²) in [7, 11) is 3.68. The van der Waals surface area contributed by atoms with Crippen LogP contribution in [0.4, 0.5) is 19.0 Å². The number of fused-ring (bicyclic) bond motifs is 1. The third-order valence-electron chi connectivity index (χ3n) is 6.12. The molecule has 0 aromatic carbocycles. The highest BCUT2D eigenvalue weighted by Gasteiger charge is 2.33. The molecule has 0 atom stereocenters. The van der Waals surface area contributed by atoms with E-state index in [9.17, 15) is 13.2 Å². The van der Waals surface area contributed by atoms with Crippen LogP contribution < -0.4 is 10.1 Å². The Bertz CT molecular complexity index is 1310. The van der Waals surface area contributed by atoms with Gasteiger partial charge in [0, 0.05) is 49.6 Å². The zero-order chi connectivity index (χ0) is 23.9. The Kier molecular flexibility index (Phi) is 5.62. The zero-order valence-electron chi connectivity index (χ0n) is 18.8. The second-order valence-electron chi connectivity index (χ2n) is 8.44. The quantitative estimate of drug-likeness (QED) is 0.448. The highest BCUT2D eigenvalue weighted by molar-refractivity contribution is 5.93. The topological polar surface area (TPSA) is 82.7 Å². The number of anilines is 1. The number of alkyl halides is 3. The number of aryl methyl sites for hydroxylation is 1. The maximum Gasteiger partial charge on any atom is 0.433 e. The van der Waals surface area contributed by atoms with Crippen LogP contribution in [-0.4, -0.2) is 42.7 Å². The first kappa shape index (κ1) is 22.2. The van der Waals surface area contributed by atoms with Crippen molar-refractivity contribution >= 4 is 16.7 Å². The first-order valence-corrected chi connectivity index (χ1v) is 11.1. The van der Waals surface area contributed by atoms with Crippen molar-refractivity contribution in [3.8, 4) is 17.1 Å². The highest BCUT2D eigenvalue weighted by Crippen LogP contribution is 2.36. The molecule has 1 N–H and O–H groups in total. The number of hydrogen-bond acceptors (Lipinski definition) is 6. The van der Waals surface area contributed by atoms with Gasteiger partial charge >= 0.3 is 6.18 Å². The molecule has 4 heterocycles. The van der Waals surface area contributed by atoms with Crippen LogP contribution in [0.5, 0.6) is 5.88 Å². The lowest BCUT2D eigenvalue weighted by molar-refractivity contribution is -0.141. The summed E-state index contributed by atoms with van der Waals surface area (Å²) in [5, 5.41) is 13.2. The number of ether oxygens (including phenoxy) is 1. The molecule has 4 aromatic heterocycles. The molecular weight excluding hydrogens is 447 g/mol. The van der Waals surface area contributed by atoms with Gasteiger partial charge in [-0.2, -0.15) is 23.4 Å². The molecule has 1 saturated carbocycles. The molecule has 0 unspecified atom stereocenters. The summed E-state index contributed by atoms with van der Waals surface area (Å²) >= 11 is 0. The molecule has 0 radical (unpaired) electrons. The fourth-order valence-electron chi connectivity index (χ4n) is 4.42. The number of aromatic nitrogens is 6. The van der Waals surface area contributed by atoms with Gasteiger partial charge < -0.3 is 10.1 Å². The molecule has 0 aliphatic heterocycles. The van der Waals surface area contributed by atoms with Crippen molar-refractivity contribution in [1.29, 1.82) is 0 Å². The lowest BCUT2D eigenvalue weighted by Crippen LogP contribution is -2.26. The molecule has 0 spiro atoms. The van der Waals surface area contributed by atoms with Crippen molar-refractivity contribution in [3.63, 3.8) is 0 Å². The third-order valence-corrected chi connectivity index (χ3v) is 6.12. The van der Waals surface area contributed by atoms with Crippen LogP contribution in [0.1, 0.15) is 37.4 Å². The van der Waals surface area contributed by atoms with Crippen molar-refractivity contribution in [2.24, 2.45) is 7.05 Å². The van der Waals surface area contributed by atoms with Crippen LogP contribution in [0.2, 0.25) is 0 Å². The predicted octanol–water partition coefficient (Wildman–Crippen LogP) is 4.85. The second-order valence-corrected chi connectivity index (χ2v) is 8.44. The molecule has 1 aliphatic rings. The normalized spacial score (nSPS) is 18.9. The largest absolute Gasteiger partial charge is 0.474 e. The van der Waals surface area contributed by atoms with Gasteiger partial charge in [-0.05, 0) is 31.7 Å². The summed E-state index contributed by atoms with van der Waals surface area (Å²) in [4.78, 5) is 8.09. The Balaban J connectivity index is 1.37. The van der Waals surface area contributed by atoms with E-state index in [-0.39, 0.29) is 18.0 Å². The van der Waals surface area contributed by atoms with E-state index >= 15 is 0 Å². The van der Waals surface area contributed by atoms with Crippen LogP contribution in [0.3, 0.4) is 0 Å². The van der Waals surface area contributed by atoms with E-state index in [1.54, 1.807) is 10.9 Å². The summed E-state index contributed by atoms with van der Waals surface area (Å²) < 4.78 is 48.4. The Hall–Kier alpha value is -3.63. The van der Waals surface area contributed by atoms with E-state index in [0.717, 1.165) is 46.9 Å². The summed E-state index contributed by atoms with van der Waals surface area (Å²) in [6.07, 6.45) is 3.78.